The van der Waals surface area contributed by atoms with E-state index in [0.717, 1.165) is 6.42 Å². The molecular formula is C20H15N. The van der Waals surface area contributed by atoms with Gasteiger partial charge in [-0.05, 0) is 51.8 Å². The summed E-state index contributed by atoms with van der Waals surface area (Å²) in [6, 6.07) is 17.8. The maximum atomic E-state index is 2.38. The minimum absolute atomic E-state index is 1.06. The van der Waals surface area contributed by atoms with Crippen LogP contribution in [0.25, 0.3) is 28.0 Å². The number of fused-ring (bicyclic) bond motifs is 4. The molecule has 0 radical (unpaired) electrons. The minimum atomic E-state index is 1.06. The van der Waals surface area contributed by atoms with E-state index < -0.39 is 0 Å². The van der Waals surface area contributed by atoms with Gasteiger partial charge in [-0.15, -0.1) is 0 Å². The maximum Gasteiger partial charge on any atom is 0.0489 e. The summed E-state index contributed by atoms with van der Waals surface area (Å²) in [5.74, 6) is 0. The summed E-state index contributed by atoms with van der Waals surface area (Å²) in [6.45, 7) is 0. The predicted molar refractivity (Wildman–Crippen MR) is 89.6 cm³/mol. The Kier molecular flexibility index (Phi) is 2.00. The van der Waals surface area contributed by atoms with Gasteiger partial charge in [0, 0.05) is 24.3 Å². The maximum absolute atomic E-state index is 2.38. The summed E-state index contributed by atoms with van der Waals surface area (Å²) in [7, 11) is 2.12. The Hall–Kier alpha value is -2.54. The monoisotopic (exact) mass is 269 g/mol. The molecule has 0 amide bonds. The number of benzene rings is 3. The van der Waals surface area contributed by atoms with Gasteiger partial charge in [0.25, 0.3) is 0 Å². The molecule has 0 aromatic heterocycles. The fourth-order valence-corrected chi connectivity index (χ4v) is 3.84. The second-order valence-corrected chi connectivity index (χ2v) is 5.96. The van der Waals surface area contributed by atoms with Crippen molar-refractivity contribution in [3.05, 3.63) is 71.4 Å². The molecule has 0 unspecified atom stereocenters. The first-order valence-electron chi connectivity index (χ1n) is 7.41. The highest BCUT2D eigenvalue weighted by atomic mass is 15.1. The largest absolute Gasteiger partial charge is 0.351 e. The van der Waals surface area contributed by atoms with Gasteiger partial charge in [0.05, 0.1) is 0 Å². The average molecular weight is 269 g/mol. The zero-order valence-corrected chi connectivity index (χ0v) is 11.9. The van der Waals surface area contributed by atoms with Crippen LogP contribution in [-0.4, -0.2) is 7.05 Å². The van der Waals surface area contributed by atoms with E-state index in [4.69, 9.17) is 0 Å². The van der Waals surface area contributed by atoms with E-state index in [1.54, 1.807) is 0 Å². The molecule has 0 fully saturated rings. The molecule has 100 valence electrons. The molecule has 2 aliphatic rings. The van der Waals surface area contributed by atoms with Crippen LogP contribution in [-0.2, 0) is 6.42 Å². The summed E-state index contributed by atoms with van der Waals surface area (Å²) in [5.41, 5.74) is 8.46. The molecule has 1 aliphatic heterocycles. The lowest BCUT2D eigenvalue weighted by Crippen LogP contribution is -2.11. The van der Waals surface area contributed by atoms with Gasteiger partial charge in [0.15, 0.2) is 0 Å². The van der Waals surface area contributed by atoms with Gasteiger partial charge in [0.2, 0.25) is 0 Å². The molecule has 5 rings (SSSR count). The number of nitrogens with zero attached hydrogens (tertiary/aromatic N) is 1. The number of anilines is 1. The zero-order valence-electron chi connectivity index (χ0n) is 11.9. The van der Waals surface area contributed by atoms with Crippen LogP contribution in [0.15, 0.2) is 54.7 Å². The van der Waals surface area contributed by atoms with Crippen LogP contribution in [0.2, 0.25) is 0 Å². The SMILES string of the molecule is CN1C=Cc2c3c(cc4cccc1c24)Cc1ccccc1-3. The standard InChI is InChI=1S/C20H15N/c1-21-10-9-17-19-15(11-13-5-2-3-7-16(13)19)12-14-6-4-8-18(21)20(14)17/h2-10,12H,11H2,1H3. The van der Waals surface area contributed by atoms with Crippen LogP contribution >= 0.6 is 0 Å². The van der Waals surface area contributed by atoms with Crippen LogP contribution in [0, 0.1) is 0 Å². The van der Waals surface area contributed by atoms with E-state index in [0.29, 0.717) is 0 Å². The highest BCUT2D eigenvalue weighted by Crippen LogP contribution is 2.46. The molecule has 0 N–H and O–H groups in total. The Morgan fingerprint density at radius 1 is 0.952 bits per heavy atom. The van der Waals surface area contributed by atoms with Crippen molar-refractivity contribution in [2.45, 2.75) is 6.42 Å². The Morgan fingerprint density at radius 3 is 2.81 bits per heavy atom. The molecular weight excluding hydrogens is 254 g/mol. The zero-order chi connectivity index (χ0) is 14.0. The second-order valence-electron chi connectivity index (χ2n) is 5.96. The summed E-state index contributed by atoms with van der Waals surface area (Å²) in [4.78, 5) is 2.21. The smallest absolute Gasteiger partial charge is 0.0489 e. The van der Waals surface area contributed by atoms with Gasteiger partial charge in [-0.25, -0.2) is 0 Å². The van der Waals surface area contributed by atoms with Gasteiger partial charge >= 0.3 is 0 Å². The quantitative estimate of drug-likeness (QED) is 0.442. The van der Waals surface area contributed by atoms with E-state index in [-0.39, 0.29) is 0 Å². The van der Waals surface area contributed by atoms with Gasteiger partial charge < -0.3 is 4.90 Å². The van der Waals surface area contributed by atoms with Crippen molar-refractivity contribution in [3.63, 3.8) is 0 Å². The first kappa shape index (κ1) is 11.2. The van der Waals surface area contributed by atoms with E-state index in [1.165, 1.54) is 44.3 Å². The van der Waals surface area contributed by atoms with Crippen molar-refractivity contribution < 1.29 is 0 Å². The van der Waals surface area contributed by atoms with Crippen molar-refractivity contribution in [1.29, 1.82) is 0 Å². The van der Waals surface area contributed by atoms with Crippen molar-refractivity contribution in [1.82, 2.24) is 0 Å². The molecule has 0 saturated carbocycles. The van der Waals surface area contributed by atoms with E-state index in [2.05, 4.69) is 72.8 Å². The molecule has 0 spiro atoms. The summed E-state index contributed by atoms with van der Waals surface area (Å²) < 4.78 is 0. The second kappa shape index (κ2) is 3.76. The summed E-state index contributed by atoms with van der Waals surface area (Å²) in [6.07, 6.45) is 5.51. The summed E-state index contributed by atoms with van der Waals surface area (Å²) >= 11 is 0. The molecule has 0 bridgehead atoms. The van der Waals surface area contributed by atoms with Crippen molar-refractivity contribution in [2.75, 3.05) is 11.9 Å². The average Bonchev–Trinajstić information content (AvgIpc) is 2.88. The molecule has 1 aliphatic carbocycles. The van der Waals surface area contributed by atoms with Crippen molar-refractivity contribution in [2.24, 2.45) is 0 Å². The molecule has 21 heavy (non-hydrogen) atoms. The molecule has 0 atom stereocenters. The fraction of sp³-hybridized carbons (Fsp3) is 0.100. The highest BCUT2D eigenvalue weighted by molar-refractivity contribution is 6.08. The third-order valence-electron chi connectivity index (χ3n) is 4.78. The third kappa shape index (κ3) is 1.36. The molecule has 1 heteroatoms. The van der Waals surface area contributed by atoms with Crippen molar-refractivity contribution in [3.8, 4) is 11.1 Å². The minimum Gasteiger partial charge on any atom is -0.351 e. The number of hydrogen-bond acceptors (Lipinski definition) is 1. The molecule has 3 aromatic rings. The van der Waals surface area contributed by atoms with Crippen LogP contribution in [0.4, 0.5) is 5.69 Å². The van der Waals surface area contributed by atoms with Gasteiger partial charge in [-0.1, -0.05) is 42.5 Å². The number of hydrogen-bond donors (Lipinski definition) is 0. The molecule has 1 nitrogen and oxygen atoms in total. The lowest BCUT2D eigenvalue weighted by molar-refractivity contribution is 1.21. The summed E-state index contributed by atoms with van der Waals surface area (Å²) in [5, 5.41) is 2.74. The highest BCUT2D eigenvalue weighted by Gasteiger charge is 2.24. The van der Waals surface area contributed by atoms with Crippen LogP contribution in [0.1, 0.15) is 16.7 Å². The lowest BCUT2D eigenvalue weighted by atomic mass is 9.91. The van der Waals surface area contributed by atoms with Crippen LogP contribution in [0.5, 0.6) is 0 Å². The Balaban J connectivity index is 1.97. The molecule has 0 saturated heterocycles. The Morgan fingerprint density at radius 2 is 1.86 bits per heavy atom. The first-order chi connectivity index (χ1) is 10.3. The van der Waals surface area contributed by atoms with Gasteiger partial charge in [-0.2, -0.15) is 0 Å². The van der Waals surface area contributed by atoms with Crippen LogP contribution < -0.4 is 4.90 Å². The van der Waals surface area contributed by atoms with Gasteiger partial charge in [-0.3, -0.25) is 0 Å². The Labute approximate surface area is 124 Å². The molecule has 3 aromatic carbocycles. The topological polar surface area (TPSA) is 3.24 Å². The fourth-order valence-electron chi connectivity index (χ4n) is 3.84. The van der Waals surface area contributed by atoms with E-state index >= 15 is 0 Å². The van der Waals surface area contributed by atoms with E-state index in [1.807, 2.05) is 0 Å². The molecule has 1 heterocycles. The lowest BCUT2D eigenvalue weighted by Gasteiger charge is -2.24. The normalized spacial score (nSPS) is 14.4. The van der Waals surface area contributed by atoms with E-state index in [9.17, 15) is 0 Å². The van der Waals surface area contributed by atoms with Crippen molar-refractivity contribution >= 4 is 22.5 Å². The van der Waals surface area contributed by atoms with Gasteiger partial charge in [0.1, 0.15) is 0 Å². The first-order valence-corrected chi connectivity index (χ1v) is 7.41. The Bertz CT molecular complexity index is 934. The third-order valence-corrected chi connectivity index (χ3v) is 4.78. The van der Waals surface area contributed by atoms with Crippen LogP contribution in [0.3, 0.4) is 0 Å². The predicted octanol–water partition coefficient (Wildman–Crippen LogP) is 4.83. The number of rotatable bonds is 0.